The van der Waals surface area contributed by atoms with E-state index < -0.39 is 0 Å². The molecule has 0 bridgehead atoms. The zero-order valence-electron chi connectivity index (χ0n) is 15.3. The van der Waals surface area contributed by atoms with Gasteiger partial charge in [-0.2, -0.15) is 0 Å². The minimum Gasteiger partial charge on any atom is -0.497 e. The summed E-state index contributed by atoms with van der Waals surface area (Å²) in [5.74, 6) is 1.00. The summed E-state index contributed by atoms with van der Waals surface area (Å²) in [7, 11) is 1.68. The molecule has 7 heteroatoms. The molecule has 0 spiro atoms. The number of fused-ring (bicyclic) bond motifs is 1. The standard InChI is InChI=1S/C20H23N3O2.2ClH/c1-25-18-4-2-3-17(14-18)22-9-11-23(12-10-22)20(24)16-5-6-19-15(13-16)7-8-21-19;;/h2-6,13-14,21H,7-12H2,1H3;2*1H. The Morgan fingerprint density at radius 3 is 2.56 bits per heavy atom. The van der Waals surface area contributed by atoms with Gasteiger partial charge in [0.1, 0.15) is 5.75 Å². The lowest BCUT2D eigenvalue weighted by atomic mass is 10.1. The predicted octanol–water partition coefficient (Wildman–Crippen LogP) is 3.47. The molecule has 2 heterocycles. The Hall–Kier alpha value is -2.11. The number of halogens is 2. The van der Waals surface area contributed by atoms with Crippen LogP contribution in [0.1, 0.15) is 15.9 Å². The molecule has 0 atom stereocenters. The maximum absolute atomic E-state index is 12.8. The minimum atomic E-state index is 0. The van der Waals surface area contributed by atoms with Crippen LogP contribution in [0.15, 0.2) is 42.5 Å². The molecular formula is C20H25Cl2N3O2. The van der Waals surface area contributed by atoms with Crippen molar-refractivity contribution in [2.45, 2.75) is 6.42 Å². The number of piperazine rings is 1. The number of nitrogens with one attached hydrogen (secondary N) is 1. The third kappa shape index (κ3) is 4.42. The molecule has 0 radical (unpaired) electrons. The Morgan fingerprint density at radius 2 is 1.81 bits per heavy atom. The molecule has 0 saturated carbocycles. The lowest BCUT2D eigenvalue weighted by Gasteiger charge is -2.36. The predicted molar refractivity (Wildman–Crippen MR) is 114 cm³/mol. The van der Waals surface area contributed by atoms with Crippen LogP contribution in [0.2, 0.25) is 0 Å². The highest BCUT2D eigenvalue weighted by Gasteiger charge is 2.23. The molecule has 2 aromatic rings. The molecule has 0 aromatic heterocycles. The molecule has 27 heavy (non-hydrogen) atoms. The van der Waals surface area contributed by atoms with Gasteiger partial charge >= 0.3 is 0 Å². The summed E-state index contributed by atoms with van der Waals surface area (Å²) in [5, 5.41) is 3.34. The molecule has 0 aliphatic carbocycles. The Labute approximate surface area is 172 Å². The SMILES string of the molecule is COc1cccc(N2CCN(C(=O)c3ccc4c(c3)CCN4)CC2)c1.Cl.Cl. The molecule has 146 valence electrons. The lowest BCUT2D eigenvalue weighted by molar-refractivity contribution is 0.0746. The van der Waals surface area contributed by atoms with Crippen molar-refractivity contribution in [3.8, 4) is 5.75 Å². The van der Waals surface area contributed by atoms with E-state index in [0.29, 0.717) is 0 Å². The molecule has 2 aliphatic heterocycles. The number of carbonyl (C=O) groups excluding carboxylic acids is 1. The summed E-state index contributed by atoms with van der Waals surface area (Å²) in [5.41, 5.74) is 4.37. The van der Waals surface area contributed by atoms with Gasteiger partial charge in [-0.25, -0.2) is 0 Å². The van der Waals surface area contributed by atoms with Crippen molar-refractivity contribution < 1.29 is 9.53 Å². The maximum Gasteiger partial charge on any atom is 0.253 e. The molecular weight excluding hydrogens is 385 g/mol. The fourth-order valence-electron chi connectivity index (χ4n) is 3.60. The van der Waals surface area contributed by atoms with Gasteiger partial charge in [0.05, 0.1) is 7.11 Å². The first-order chi connectivity index (χ1) is 12.2. The normalized spacial score (nSPS) is 15.1. The molecule has 2 aromatic carbocycles. The van der Waals surface area contributed by atoms with E-state index in [2.05, 4.69) is 16.3 Å². The van der Waals surface area contributed by atoms with Crippen molar-refractivity contribution in [3.05, 3.63) is 53.6 Å². The van der Waals surface area contributed by atoms with Crippen LogP contribution in [0.3, 0.4) is 0 Å². The number of methoxy groups -OCH3 is 1. The summed E-state index contributed by atoms with van der Waals surface area (Å²) in [6, 6.07) is 14.1. The van der Waals surface area contributed by atoms with Gasteiger partial charge in [0.15, 0.2) is 0 Å². The Kier molecular flexibility index (Phi) is 7.22. The Balaban J connectivity index is 0.00000131. The average molecular weight is 410 g/mol. The monoisotopic (exact) mass is 409 g/mol. The molecule has 1 fully saturated rings. The number of anilines is 2. The largest absolute Gasteiger partial charge is 0.497 e. The molecule has 2 aliphatic rings. The number of amides is 1. The number of ether oxygens (including phenoxy) is 1. The fraction of sp³-hybridized carbons (Fsp3) is 0.350. The second kappa shape index (κ2) is 9.20. The van der Waals surface area contributed by atoms with Crippen LogP contribution in [0.4, 0.5) is 11.4 Å². The van der Waals surface area contributed by atoms with Crippen LogP contribution in [-0.4, -0.2) is 50.6 Å². The van der Waals surface area contributed by atoms with E-state index in [9.17, 15) is 4.79 Å². The summed E-state index contributed by atoms with van der Waals surface area (Å²) >= 11 is 0. The van der Waals surface area contributed by atoms with Gasteiger partial charge in [0.2, 0.25) is 0 Å². The van der Waals surface area contributed by atoms with Crippen molar-refractivity contribution in [1.29, 1.82) is 0 Å². The van der Waals surface area contributed by atoms with Gasteiger partial charge in [0.25, 0.3) is 5.91 Å². The molecule has 1 saturated heterocycles. The zero-order valence-corrected chi connectivity index (χ0v) is 16.9. The molecule has 1 N–H and O–H groups in total. The van der Waals surface area contributed by atoms with Crippen molar-refractivity contribution in [2.75, 3.05) is 50.1 Å². The van der Waals surface area contributed by atoms with Gasteiger partial charge in [-0.3, -0.25) is 4.79 Å². The first-order valence-corrected chi connectivity index (χ1v) is 8.80. The van der Waals surface area contributed by atoms with Crippen LogP contribution in [-0.2, 0) is 6.42 Å². The maximum atomic E-state index is 12.8. The fourth-order valence-corrected chi connectivity index (χ4v) is 3.60. The quantitative estimate of drug-likeness (QED) is 0.842. The molecule has 0 unspecified atom stereocenters. The zero-order chi connectivity index (χ0) is 17.2. The first-order valence-electron chi connectivity index (χ1n) is 8.80. The van der Waals surface area contributed by atoms with Crippen LogP contribution >= 0.6 is 24.8 Å². The number of benzene rings is 2. The van der Waals surface area contributed by atoms with Gasteiger partial charge < -0.3 is 19.9 Å². The van der Waals surface area contributed by atoms with E-state index >= 15 is 0 Å². The van der Waals surface area contributed by atoms with Crippen LogP contribution in [0.25, 0.3) is 0 Å². The van der Waals surface area contributed by atoms with E-state index in [1.807, 2.05) is 41.3 Å². The Bertz CT molecular complexity index is 793. The van der Waals surface area contributed by atoms with Crippen molar-refractivity contribution in [2.24, 2.45) is 0 Å². The van der Waals surface area contributed by atoms with E-state index in [-0.39, 0.29) is 30.7 Å². The minimum absolute atomic E-state index is 0. The summed E-state index contributed by atoms with van der Waals surface area (Å²) in [6.07, 6.45) is 1.00. The first kappa shape index (κ1) is 21.2. The highest BCUT2D eigenvalue weighted by Crippen LogP contribution is 2.25. The summed E-state index contributed by atoms with van der Waals surface area (Å²) < 4.78 is 5.30. The second-order valence-electron chi connectivity index (χ2n) is 6.53. The van der Waals surface area contributed by atoms with Gasteiger partial charge in [-0.15, -0.1) is 24.8 Å². The van der Waals surface area contributed by atoms with Gasteiger partial charge in [-0.05, 0) is 42.3 Å². The van der Waals surface area contributed by atoms with E-state index in [1.165, 1.54) is 11.3 Å². The smallest absolute Gasteiger partial charge is 0.253 e. The van der Waals surface area contributed by atoms with E-state index in [0.717, 1.165) is 56.1 Å². The van der Waals surface area contributed by atoms with E-state index in [4.69, 9.17) is 4.74 Å². The Morgan fingerprint density at radius 1 is 1.04 bits per heavy atom. The van der Waals surface area contributed by atoms with Crippen molar-refractivity contribution >= 4 is 42.1 Å². The third-order valence-corrected chi connectivity index (χ3v) is 5.05. The molecule has 4 rings (SSSR count). The highest BCUT2D eigenvalue weighted by atomic mass is 35.5. The van der Waals surface area contributed by atoms with Crippen LogP contribution in [0.5, 0.6) is 5.75 Å². The summed E-state index contributed by atoms with van der Waals surface area (Å²) in [6.45, 7) is 4.12. The highest BCUT2D eigenvalue weighted by molar-refractivity contribution is 5.95. The van der Waals surface area contributed by atoms with Gasteiger partial charge in [-0.1, -0.05) is 6.07 Å². The lowest BCUT2D eigenvalue weighted by Crippen LogP contribution is -2.48. The van der Waals surface area contributed by atoms with Crippen LogP contribution < -0.4 is 15.0 Å². The average Bonchev–Trinajstić information content (AvgIpc) is 3.15. The molecule has 5 nitrogen and oxygen atoms in total. The topological polar surface area (TPSA) is 44.8 Å². The number of nitrogens with zero attached hydrogens (tertiary/aromatic N) is 2. The number of hydrogen-bond acceptors (Lipinski definition) is 4. The van der Waals surface area contributed by atoms with Crippen molar-refractivity contribution in [3.63, 3.8) is 0 Å². The summed E-state index contributed by atoms with van der Waals surface area (Å²) in [4.78, 5) is 17.1. The van der Waals surface area contributed by atoms with Crippen LogP contribution in [0, 0.1) is 0 Å². The number of hydrogen-bond donors (Lipinski definition) is 1. The number of rotatable bonds is 3. The second-order valence-corrected chi connectivity index (χ2v) is 6.53. The van der Waals surface area contributed by atoms with Gasteiger partial charge in [0, 0.05) is 55.7 Å². The van der Waals surface area contributed by atoms with Crippen molar-refractivity contribution in [1.82, 2.24) is 4.90 Å². The number of carbonyl (C=O) groups is 1. The molecule has 1 amide bonds. The van der Waals surface area contributed by atoms with E-state index in [1.54, 1.807) is 7.11 Å². The third-order valence-electron chi connectivity index (χ3n) is 5.05.